The van der Waals surface area contributed by atoms with Gasteiger partial charge in [-0.2, -0.15) is 10.4 Å². The van der Waals surface area contributed by atoms with E-state index in [1.165, 1.54) is 0 Å². The number of hydrogen-bond acceptors (Lipinski definition) is 4. The number of hydrogen-bond donors (Lipinski definition) is 1. The zero-order valence-corrected chi connectivity index (χ0v) is 15.5. The van der Waals surface area contributed by atoms with Gasteiger partial charge in [-0.15, -0.1) is 0 Å². The molecule has 0 saturated heterocycles. The Morgan fingerprint density at radius 3 is 2.69 bits per heavy atom. The molecule has 0 spiro atoms. The lowest BCUT2D eigenvalue weighted by Gasteiger charge is -2.08. The summed E-state index contributed by atoms with van der Waals surface area (Å²) in [6.07, 6.45) is 5.71. The number of anilines is 1. The Kier molecular flexibility index (Phi) is 4.07. The third-order valence-electron chi connectivity index (χ3n) is 5.08. The first kappa shape index (κ1) is 17.1. The van der Waals surface area contributed by atoms with Gasteiger partial charge >= 0.3 is 0 Å². The van der Waals surface area contributed by atoms with Crippen LogP contribution in [0, 0.1) is 11.3 Å². The molecule has 140 valence electrons. The number of nitrogens with one attached hydrogen (secondary N) is 1. The van der Waals surface area contributed by atoms with Gasteiger partial charge in [0.1, 0.15) is 5.56 Å². The number of fused-ring (bicyclic) bond motifs is 1. The summed E-state index contributed by atoms with van der Waals surface area (Å²) in [5.74, 6) is 0.259. The van der Waals surface area contributed by atoms with Gasteiger partial charge in [0.05, 0.1) is 17.8 Å². The lowest BCUT2D eigenvalue weighted by atomic mass is 10.0. The van der Waals surface area contributed by atoms with E-state index < -0.39 is 0 Å². The molecule has 0 radical (unpaired) electrons. The van der Waals surface area contributed by atoms with Gasteiger partial charge in [-0.25, -0.2) is 9.50 Å². The van der Waals surface area contributed by atoms with Crippen molar-refractivity contribution >= 4 is 17.2 Å². The van der Waals surface area contributed by atoms with Crippen LogP contribution in [-0.4, -0.2) is 20.5 Å². The van der Waals surface area contributed by atoms with Gasteiger partial charge in [0.25, 0.3) is 5.91 Å². The Morgan fingerprint density at radius 1 is 1.10 bits per heavy atom. The van der Waals surface area contributed by atoms with Gasteiger partial charge in [-0.05, 0) is 54.3 Å². The van der Waals surface area contributed by atoms with Gasteiger partial charge < -0.3 is 5.32 Å². The summed E-state index contributed by atoms with van der Waals surface area (Å²) in [6, 6.07) is 19.1. The largest absolute Gasteiger partial charge is 0.322 e. The van der Waals surface area contributed by atoms with Crippen LogP contribution in [0.15, 0.2) is 67.0 Å². The molecule has 1 saturated carbocycles. The second-order valence-corrected chi connectivity index (χ2v) is 7.18. The minimum atomic E-state index is -0.247. The van der Waals surface area contributed by atoms with Crippen molar-refractivity contribution in [3.05, 3.63) is 83.8 Å². The fourth-order valence-electron chi connectivity index (χ4n) is 3.39. The number of amides is 1. The molecular weight excluding hydrogens is 362 g/mol. The minimum absolute atomic E-state index is 0.247. The van der Waals surface area contributed by atoms with E-state index in [1.807, 2.05) is 54.7 Å². The SMILES string of the molecule is N#Cc1cccc(-c2cccc(NC(=O)c3cnn4ccc(C5CC5)nc34)c2)c1. The Bertz CT molecular complexity index is 1280. The maximum Gasteiger partial charge on any atom is 0.261 e. The first-order valence-corrected chi connectivity index (χ1v) is 9.47. The van der Waals surface area contributed by atoms with E-state index in [9.17, 15) is 4.79 Å². The van der Waals surface area contributed by atoms with Crippen molar-refractivity contribution in [2.24, 2.45) is 0 Å². The van der Waals surface area contributed by atoms with Crippen LogP contribution >= 0.6 is 0 Å². The third-order valence-corrected chi connectivity index (χ3v) is 5.08. The molecule has 2 heterocycles. The predicted molar refractivity (Wildman–Crippen MR) is 110 cm³/mol. The molecule has 2 aromatic heterocycles. The molecule has 0 aliphatic heterocycles. The molecule has 4 aromatic rings. The fraction of sp³-hybridized carbons (Fsp3) is 0.130. The topological polar surface area (TPSA) is 83.1 Å². The van der Waals surface area contributed by atoms with Gasteiger partial charge in [-0.1, -0.05) is 24.3 Å². The molecular formula is C23H17N5O. The van der Waals surface area contributed by atoms with Crippen molar-refractivity contribution in [1.82, 2.24) is 14.6 Å². The average molecular weight is 379 g/mol. The molecule has 0 unspecified atom stereocenters. The van der Waals surface area contributed by atoms with E-state index >= 15 is 0 Å². The average Bonchev–Trinajstić information content (AvgIpc) is 3.52. The first-order valence-electron chi connectivity index (χ1n) is 9.47. The van der Waals surface area contributed by atoms with Gasteiger partial charge in [-0.3, -0.25) is 4.79 Å². The second-order valence-electron chi connectivity index (χ2n) is 7.18. The normalized spacial score (nSPS) is 13.2. The zero-order valence-electron chi connectivity index (χ0n) is 15.5. The van der Waals surface area contributed by atoms with E-state index in [4.69, 9.17) is 5.26 Å². The van der Waals surface area contributed by atoms with E-state index in [0.29, 0.717) is 28.4 Å². The van der Waals surface area contributed by atoms with Crippen molar-refractivity contribution < 1.29 is 4.79 Å². The summed E-state index contributed by atoms with van der Waals surface area (Å²) in [4.78, 5) is 17.5. The molecule has 0 bridgehead atoms. The van der Waals surface area contributed by atoms with Crippen LogP contribution < -0.4 is 5.32 Å². The van der Waals surface area contributed by atoms with Crippen LogP contribution in [0.3, 0.4) is 0 Å². The zero-order chi connectivity index (χ0) is 19.8. The quantitative estimate of drug-likeness (QED) is 0.570. The molecule has 1 fully saturated rings. The fourth-order valence-corrected chi connectivity index (χ4v) is 3.39. The number of carbonyl (C=O) groups excluding carboxylic acids is 1. The highest BCUT2D eigenvalue weighted by atomic mass is 16.1. The van der Waals surface area contributed by atoms with Crippen LogP contribution in [0.5, 0.6) is 0 Å². The number of nitriles is 1. The summed E-state index contributed by atoms with van der Waals surface area (Å²) < 4.78 is 1.63. The highest BCUT2D eigenvalue weighted by Crippen LogP contribution is 2.39. The number of benzene rings is 2. The van der Waals surface area contributed by atoms with E-state index in [1.54, 1.807) is 16.8 Å². The molecule has 1 N–H and O–H groups in total. The van der Waals surface area contributed by atoms with Crippen molar-refractivity contribution in [3.8, 4) is 17.2 Å². The standard InChI is InChI=1S/C23H17N5O/c24-13-15-3-1-4-17(11-15)18-5-2-6-19(12-18)26-23(29)20-14-25-28-10-9-21(16-7-8-16)27-22(20)28/h1-6,9-12,14,16H,7-8H2,(H,26,29). The molecule has 6 heteroatoms. The molecule has 1 amide bonds. The summed E-state index contributed by atoms with van der Waals surface area (Å²) in [5, 5.41) is 16.3. The van der Waals surface area contributed by atoms with E-state index in [2.05, 4.69) is 21.5 Å². The highest BCUT2D eigenvalue weighted by molar-refractivity contribution is 6.08. The van der Waals surface area contributed by atoms with Gasteiger partial charge in [0.2, 0.25) is 0 Å². The molecule has 1 aliphatic rings. The van der Waals surface area contributed by atoms with Crippen molar-refractivity contribution in [2.75, 3.05) is 5.32 Å². The Labute approximate surface area is 167 Å². The summed E-state index contributed by atoms with van der Waals surface area (Å²) >= 11 is 0. The summed E-state index contributed by atoms with van der Waals surface area (Å²) in [5.41, 5.74) is 5.16. The van der Waals surface area contributed by atoms with Crippen LogP contribution in [0.25, 0.3) is 16.8 Å². The Morgan fingerprint density at radius 2 is 1.90 bits per heavy atom. The lowest BCUT2D eigenvalue weighted by molar-refractivity contribution is 0.102. The maximum atomic E-state index is 12.9. The van der Waals surface area contributed by atoms with Crippen LogP contribution in [0.4, 0.5) is 5.69 Å². The Balaban J connectivity index is 1.43. The maximum absolute atomic E-state index is 12.9. The Hall–Kier alpha value is -3.98. The van der Waals surface area contributed by atoms with Crippen molar-refractivity contribution in [1.29, 1.82) is 5.26 Å². The molecule has 0 atom stereocenters. The summed E-state index contributed by atoms with van der Waals surface area (Å²) in [6.45, 7) is 0. The van der Waals surface area contributed by atoms with E-state index in [-0.39, 0.29) is 5.91 Å². The number of aromatic nitrogens is 3. The van der Waals surface area contributed by atoms with Crippen LogP contribution in [-0.2, 0) is 0 Å². The predicted octanol–water partition coefficient (Wildman–Crippen LogP) is 4.40. The van der Waals surface area contributed by atoms with Crippen LogP contribution in [0.2, 0.25) is 0 Å². The number of rotatable bonds is 4. The van der Waals surface area contributed by atoms with E-state index in [0.717, 1.165) is 29.7 Å². The third kappa shape index (κ3) is 3.34. The highest BCUT2D eigenvalue weighted by Gasteiger charge is 2.26. The molecule has 1 aliphatic carbocycles. The smallest absolute Gasteiger partial charge is 0.261 e. The summed E-state index contributed by atoms with van der Waals surface area (Å²) in [7, 11) is 0. The number of nitrogens with zero attached hydrogens (tertiary/aromatic N) is 4. The first-order chi connectivity index (χ1) is 14.2. The van der Waals surface area contributed by atoms with Gasteiger partial charge in [0, 0.05) is 23.5 Å². The van der Waals surface area contributed by atoms with Crippen molar-refractivity contribution in [2.45, 2.75) is 18.8 Å². The lowest BCUT2D eigenvalue weighted by Crippen LogP contribution is -2.12. The van der Waals surface area contributed by atoms with Gasteiger partial charge in [0.15, 0.2) is 5.65 Å². The monoisotopic (exact) mass is 379 g/mol. The molecule has 5 rings (SSSR count). The molecule has 2 aromatic carbocycles. The second kappa shape index (κ2) is 6.88. The molecule has 6 nitrogen and oxygen atoms in total. The van der Waals surface area contributed by atoms with Crippen molar-refractivity contribution in [3.63, 3.8) is 0 Å². The van der Waals surface area contributed by atoms with Crippen LogP contribution in [0.1, 0.15) is 40.4 Å². The minimum Gasteiger partial charge on any atom is -0.322 e. The molecule has 29 heavy (non-hydrogen) atoms. The number of carbonyl (C=O) groups is 1.